The summed E-state index contributed by atoms with van der Waals surface area (Å²) in [6.07, 6.45) is -4.29. The number of benzene rings is 2. The van der Waals surface area contributed by atoms with Crippen LogP contribution in [0.2, 0.25) is 0 Å². The van der Waals surface area contributed by atoms with Crippen molar-refractivity contribution >= 4 is 11.5 Å². The molecule has 5 nitrogen and oxygen atoms in total. The first-order valence-electron chi connectivity index (χ1n) is 13.1. The van der Waals surface area contributed by atoms with E-state index in [-0.39, 0.29) is 18.6 Å². The van der Waals surface area contributed by atoms with Crippen LogP contribution in [-0.2, 0) is 11.2 Å². The molecule has 1 aliphatic carbocycles. The lowest BCUT2D eigenvalue weighted by Crippen LogP contribution is -2.52. The number of hydrogen-bond acceptors (Lipinski definition) is 4. The molecule has 0 bridgehead atoms. The van der Waals surface area contributed by atoms with E-state index in [4.69, 9.17) is 4.74 Å². The smallest absolute Gasteiger partial charge is 0.404 e. The fraction of sp³-hybridized carbons (Fsp3) is 0.483. The van der Waals surface area contributed by atoms with Crippen LogP contribution in [0.25, 0.3) is 5.57 Å². The highest BCUT2D eigenvalue weighted by Gasteiger charge is 2.52. The minimum atomic E-state index is -4.67. The van der Waals surface area contributed by atoms with Gasteiger partial charge in [0.05, 0.1) is 18.6 Å². The standard InChI is InChI=1S/C29H33F5N2O3/c1-17(28(37)38)16-36-25(29(32,33)34)15-21-20-7-4-3-6-19(20)14-22(21)27(36)26-18(2)24(9-8-23(26)31)39-13-12-35-11-5-10-30/h3-4,6-9,17,25,27,35H,5,10-16H2,1-2H3,(H,37,38)/t17-,25-,27-/m0/s1. The van der Waals surface area contributed by atoms with E-state index < -0.39 is 49.2 Å². The van der Waals surface area contributed by atoms with Crippen LogP contribution in [0.1, 0.15) is 48.1 Å². The molecule has 1 heterocycles. The zero-order valence-corrected chi connectivity index (χ0v) is 22.0. The monoisotopic (exact) mass is 552 g/mol. The van der Waals surface area contributed by atoms with E-state index in [2.05, 4.69) is 5.32 Å². The Balaban J connectivity index is 1.79. The lowest BCUT2D eigenvalue weighted by atomic mass is 9.82. The van der Waals surface area contributed by atoms with E-state index in [9.17, 15) is 27.5 Å². The molecule has 4 rings (SSSR count). The number of aliphatic carboxylic acids is 1. The summed E-state index contributed by atoms with van der Waals surface area (Å²) in [4.78, 5) is 12.9. The highest BCUT2D eigenvalue weighted by atomic mass is 19.4. The Labute approximate surface area is 224 Å². The summed E-state index contributed by atoms with van der Waals surface area (Å²) in [5.41, 5.74) is 3.21. The van der Waals surface area contributed by atoms with E-state index in [0.29, 0.717) is 48.4 Å². The van der Waals surface area contributed by atoms with Gasteiger partial charge in [0.2, 0.25) is 0 Å². The lowest BCUT2D eigenvalue weighted by molar-refractivity contribution is -0.191. The largest absolute Gasteiger partial charge is 0.492 e. The highest BCUT2D eigenvalue weighted by molar-refractivity contribution is 5.79. The molecule has 0 saturated carbocycles. The third-order valence-corrected chi connectivity index (χ3v) is 7.56. The minimum Gasteiger partial charge on any atom is -0.492 e. The Morgan fingerprint density at radius 2 is 1.95 bits per heavy atom. The first-order valence-corrected chi connectivity index (χ1v) is 13.1. The van der Waals surface area contributed by atoms with Gasteiger partial charge in [-0.3, -0.25) is 14.1 Å². The number of fused-ring (bicyclic) bond motifs is 2. The topological polar surface area (TPSA) is 61.8 Å². The molecule has 3 atom stereocenters. The average Bonchev–Trinajstić information content (AvgIpc) is 3.25. The van der Waals surface area contributed by atoms with Crippen molar-refractivity contribution < 1.29 is 36.6 Å². The fourth-order valence-corrected chi connectivity index (χ4v) is 5.64. The molecule has 2 aromatic rings. The fourth-order valence-electron chi connectivity index (χ4n) is 5.64. The molecule has 0 spiro atoms. The second-order valence-electron chi connectivity index (χ2n) is 10.2. The number of alkyl halides is 4. The van der Waals surface area contributed by atoms with Crippen molar-refractivity contribution in [2.75, 3.05) is 32.9 Å². The lowest BCUT2D eigenvalue weighted by Gasteiger charge is -2.45. The van der Waals surface area contributed by atoms with Gasteiger partial charge in [-0.15, -0.1) is 0 Å². The van der Waals surface area contributed by atoms with E-state index in [0.717, 1.165) is 16.0 Å². The van der Waals surface area contributed by atoms with Gasteiger partial charge in [0.1, 0.15) is 24.2 Å². The van der Waals surface area contributed by atoms with Gasteiger partial charge in [-0.1, -0.05) is 31.2 Å². The normalized spacial score (nSPS) is 20.1. The number of nitrogens with one attached hydrogen (secondary N) is 1. The summed E-state index contributed by atoms with van der Waals surface area (Å²) in [7, 11) is 0. The molecular weight excluding hydrogens is 519 g/mol. The van der Waals surface area contributed by atoms with Gasteiger partial charge in [-0.2, -0.15) is 13.2 Å². The maximum absolute atomic E-state index is 15.7. The molecule has 1 aliphatic heterocycles. The Bertz CT molecular complexity index is 1230. The van der Waals surface area contributed by atoms with Crippen molar-refractivity contribution in [2.45, 2.75) is 51.4 Å². The van der Waals surface area contributed by atoms with Crippen molar-refractivity contribution in [3.05, 3.63) is 70.0 Å². The predicted octanol–water partition coefficient (Wildman–Crippen LogP) is 5.87. The Kier molecular flexibility index (Phi) is 8.96. The van der Waals surface area contributed by atoms with Gasteiger partial charge in [0, 0.05) is 18.7 Å². The number of carboxylic acids is 1. The molecule has 2 N–H and O–H groups in total. The minimum absolute atomic E-state index is 0.0599. The molecule has 0 unspecified atom stereocenters. The summed E-state index contributed by atoms with van der Waals surface area (Å²) in [6, 6.07) is 6.76. The molecule has 0 aromatic heterocycles. The first-order chi connectivity index (χ1) is 18.5. The van der Waals surface area contributed by atoms with Crippen molar-refractivity contribution in [3.8, 4) is 5.75 Å². The molecule has 2 aromatic carbocycles. The number of halogens is 5. The number of carboxylic acid groups (broad SMARTS) is 1. The van der Waals surface area contributed by atoms with Crippen molar-refractivity contribution in [2.24, 2.45) is 5.92 Å². The molecule has 39 heavy (non-hydrogen) atoms. The van der Waals surface area contributed by atoms with E-state index in [1.807, 2.05) is 12.1 Å². The van der Waals surface area contributed by atoms with Crippen molar-refractivity contribution in [1.82, 2.24) is 10.2 Å². The summed E-state index contributed by atoms with van der Waals surface area (Å²) >= 11 is 0. The van der Waals surface area contributed by atoms with Gasteiger partial charge in [-0.05, 0) is 72.7 Å². The maximum Gasteiger partial charge on any atom is 0.404 e. The summed E-state index contributed by atoms with van der Waals surface area (Å²) in [5, 5.41) is 12.6. The highest BCUT2D eigenvalue weighted by Crippen LogP contribution is 2.53. The van der Waals surface area contributed by atoms with Crippen LogP contribution in [0, 0.1) is 18.7 Å². The first kappa shape index (κ1) is 29.0. The number of carbonyl (C=O) groups is 1. The predicted molar refractivity (Wildman–Crippen MR) is 138 cm³/mol. The zero-order valence-electron chi connectivity index (χ0n) is 22.0. The Morgan fingerprint density at radius 3 is 2.64 bits per heavy atom. The molecule has 0 amide bonds. The van der Waals surface area contributed by atoms with Crippen LogP contribution in [0.15, 0.2) is 42.0 Å². The van der Waals surface area contributed by atoms with Crippen molar-refractivity contribution in [3.63, 3.8) is 0 Å². The molecule has 0 saturated heterocycles. The third kappa shape index (κ3) is 6.11. The molecule has 2 aliphatic rings. The van der Waals surface area contributed by atoms with E-state index >= 15 is 4.39 Å². The van der Waals surface area contributed by atoms with E-state index in [1.165, 1.54) is 19.1 Å². The summed E-state index contributed by atoms with van der Waals surface area (Å²) in [6.45, 7) is 3.23. The molecule has 212 valence electrons. The van der Waals surface area contributed by atoms with Gasteiger partial charge in [0.25, 0.3) is 0 Å². The van der Waals surface area contributed by atoms with Gasteiger partial charge in [-0.25, -0.2) is 4.39 Å². The Morgan fingerprint density at radius 1 is 1.21 bits per heavy atom. The number of rotatable bonds is 11. The molecule has 10 heteroatoms. The number of nitrogens with zero attached hydrogens (tertiary/aromatic N) is 1. The maximum atomic E-state index is 15.7. The SMILES string of the molecule is Cc1c(OCCNCCCF)ccc(F)c1[C@@H]1C2=C(C[C@@H](C(F)(F)F)N1C[C@H](C)C(=O)O)c1ccccc1C2. The average molecular weight is 553 g/mol. The quantitative estimate of drug-likeness (QED) is 0.270. The van der Waals surface area contributed by atoms with Crippen LogP contribution in [-0.4, -0.2) is 61.1 Å². The van der Waals surface area contributed by atoms with Gasteiger partial charge in [0.15, 0.2) is 0 Å². The third-order valence-electron chi connectivity index (χ3n) is 7.56. The number of hydrogen-bond donors (Lipinski definition) is 2. The van der Waals surface area contributed by atoms with E-state index in [1.54, 1.807) is 19.1 Å². The molecular formula is C29H33F5N2O3. The van der Waals surface area contributed by atoms with Crippen LogP contribution in [0.5, 0.6) is 5.75 Å². The summed E-state index contributed by atoms with van der Waals surface area (Å²) in [5.74, 6) is -2.68. The molecule has 0 fully saturated rings. The van der Waals surface area contributed by atoms with Gasteiger partial charge >= 0.3 is 12.1 Å². The van der Waals surface area contributed by atoms with Crippen molar-refractivity contribution in [1.29, 1.82) is 0 Å². The second kappa shape index (κ2) is 12.0. The number of ether oxygens (including phenoxy) is 1. The van der Waals surface area contributed by atoms with Crippen LogP contribution in [0.3, 0.4) is 0 Å². The Hall–Kier alpha value is -2.98. The second-order valence-corrected chi connectivity index (χ2v) is 10.2. The zero-order chi connectivity index (χ0) is 28.3. The molecule has 0 radical (unpaired) electrons. The van der Waals surface area contributed by atoms with Crippen LogP contribution < -0.4 is 10.1 Å². The van der Waals surface area contributed by atoms with Crippen LogP contribution in [0.4, 0.5) is 22.0 Å². The summed E-state index contributed by atoms with van der Waals surface area (Å²) < 4.78 is 77.6. The van der Waals surface area contributed by atoms with Crippen LogP contribution >= 0.6 is 0 Å². The van der Waals surface area contributed by atoms with Gasteiger partial charge < -0.3 is 15.2 Å².